The van der Waals surface area contributed by atoms with Gasteiger partial charge in [-0.1, -0.05) is 46.9 Å². The first-order valence-electron chi connectivity index (χ1n) is 5.80. The Balaban J connectivity index is 2.18. The van der Waals surface area contributed by atoms with E-state index in [0.29, 0.717) is 0 Å². The molecule has 2 rings (SSSR count). The van der Waals surface area contributed by atoms with Crippen molar-refractivity contribution in [2.75, 3.05) is 0 Å². The SMILES string of the molecule is O=C(OCc1ccccc1[N+](=O)[O-])c1ncc(Cl)c(Cl)c1Cl. The van der Waals surface area contributed by atoms with E-state index in [1.807, 2.05) is 0 Å². The number of ether oxygens (including phenoxy) is 1. The van der Waals surface area contributed by atoms with Gasteiger partial charge in [-0.2, -0.15) is 0 Å². The predicted octanol–water partition coefficient (Wildman–Crippen LogP) is 4.31. The molecule has 0 bridgehead atoms. The second-order valence-corrected chi connectivity index (χ2v) is 5.21. The lowest BCUT2D eigenvalue weighted by Gasteiger charge is -2.07. The van der Waals surface area contributed by atoms with Crippen LogP contribution in [0.4, 0.5) is 5.69 Å². The third-order valence-electron chi connectivity index (χ3n) is 2.66. The molecule has 0 atom stereocenters. The Kier molecular flexibility index (Phi) is 5.18. The van der Waals surface area contributed by atoms with Crippen LogP contribution in [0.5, 0.6) is 0 Å². The molecule has 1 heterocycles. The number of pyridine rings is 1. The van der Waals surface area contributed by atoms with Gasteiger partial charge < -0.3 is 4.74 Å². The summed E-state index contributed by atoms with van der Waals surface area (Å²) in [5.74, 6) is -0.860. The van der Waals surface area contributed by atoms with E-state index in [1.165, 1.54) is 18.2 Å². The normalized spacial score (nSPS) is 10.3. The fraction of sp³-hybridized carbons (Fsp3) is 0.0769. The van der Waals surface area contributed by atoms with Gasteiger partial charge in [0.1, 0.15) is 6.61 Å². The smallest absolute Gasteiger partial charge is 0.358 e. The summed E-state index contributed by atoms with van der Waals surface area (Å²) in [6, 6.07) is 5.91. The summed E-state index contributed by atoms with van der Waals surface area (Å²) in [5, 5.41) is 10.8. The Morgan fingerprint density at radius 3 is 2.59 bits per heavy atom. The summed E-state index contributed by atoms with van der Waals surface area (Å²) >= 11 is 17.4. The molecule has 0 saturated carbocycles. The number of nitro groups is 1. The number of para-hydroxylation sites is 1. The van der Waals surface area contributed by atoms with E-state index in [-0.39, 0.29) is 38.6 Å². The van der Waals surface area contributed by atoms with E-state index >= 15 is 0 Å². The third kappa shape index (κ3) is 3.47. The number of benzene rings is 1. The molecule has 0 unspecified atom stereocenters. The molecule has 22 heavy (non-hydrogen) atoms. The van der Waals surface area contributed by atoms with Crippen molar-refractivity contribution in [3.63, 3.8) is 0 Å². The van der Waals surface area contributed by atoms with Crippen molar-refractivity contribution in [3.05, 3.63) is 66.9 Å². The Morgan fingerprint density at radius 1 is 1.23 bits per heavy atom. The lowest BCUT2D eigenvalue weighted by Crippen LogP contribution is -2.09. The van der Waals surface area contributed by atoms with Crippen LogP contribution in [0.1, 0.15) is 16.1 Å². The van der Waals surface area contributed by atoms with Gasteiger partial charge in [-0.25, -0.2) is 9.78 Å². The van der Waals surface area contributed by atoms with Crippen LogP contribution in [0.15, 0.2) is 30.5 Å². The summed E-state index contributed by atoms with van der Waals surface area (Å²) in [6.45, 7) is -0.297. The highest BCUT2D eigenvalue weighted by Gasteiger charge is 2.20. The number of nitrogens with zero attached hydrogens (tertiary/aromatic N) is 2. The van der Waals surface area contributed by atoms with E-state index in [9.17, 15) is 14.9 Å². The fourth-order valence-electron chi connectivity index (χ4n) is 1.61. The van der Waals surface area contributed by atoms with Crippen molar-refractivity contribution in [1.29, 1.82) is 0 Å². The minimum atomic E-state index is -0.860. The first-order chi connectivity index (χ1) is 10.4. The van der Waals surface area contributed by atoms with Gasteiger partial charge in [0, 0.05) is 12.3 Å². The fourth-order valence-corrected chi connectivity index (χ4v) is 2.17. The predicted molar refractivity (Wildman–Crippen MR) is 81.5 cm³/mol. The largest absolute Gasteiger partial charge is 0.456 e. The van der Waals surface area contributed by atoms with E-state index < -0.39 is 10.9 Å². The monoisotopic (exact) mass is 360 g/mol. The molecule has 0 fully saturated rings. The molecule has 1 aromatic heterocycles. The average Bonchev–Trinajstić information content (AvgIpc) is 2.50. The van der Waals surface area contributed by atoms with Crippen LogP contribution in [0.3, 0.4) is 0 Å². The summed E-state index contributed by atoms with van der Waals surface area (Å²) in [4.78, 5) is 26.0. The highest BCUT2D eigenvalue weighted by molar-refractivity contribution is 6.48. The molecule has 114 valence electrons. The summed E-state index contributed by atoms with van der Waals surface area (Å²) in [6.07, 6.45) is 1.16. The number of aromatic nitrogens is 1. The first kappa shape index (κ1) is 16.5. The quantitative estimate of drug-likeness (QED) is 0.460. The summed E-state index contributed by atoms with van der Waals surface area (Å²) < 4.78 is 4.99. The molecule has 0 radical (unpaired) electrons. The van der Waals surface area contributed by atoms with Crippen molar-refractivity contribution in [1.82, 2.24) is 4.98 Å². The topological polar surface area (TPSA) is 82.3 Å². The molecule has 0 aliphatic rings. The first-order valence-corrected chi connectivity index (χ1v) is 6.94. The molecule has 6 nitrogen and oxygen atoms in total. The number of carbonyl (C=O) groups is 1. The average molecular weight is 362 g/mol. The van der Waals surface area contributed by atoms with Gasteiger partial charge in [0.15, 0.2) is 5.69 Å². The molecule has 0 aliphatic carbocycles. The Bertz CT molecular complexity index is 752. The maximum Gasteiger partial charge on any atom is 0.358 e. The number of esters is 1. The van der Waals surface area contributed by atoms with Gasteiger partial charge >= 0.3 is 5.97 Å². The molecular weight excluding hydrogens is 355 g/mol. The molecule has 2 aromatic rings. The van der Waals surface area contributed by atoms with E-state index in [1.54, 1.807) is 6.07 Å². The zero-order valence-electron chi connectivity index (χ0n) is 10.8. The third-order valence-corrected chi connectivity index (χ3v) is 3.90. The van der Waals surface area contributed by atoms with Crippen molar-refractivity contribution in [2.24, 2.45) is 0 Å². The maximum absolute atomic E-state index is 11.9. The van der Waals surface area contributed by atoms with Crippen LogP contribution in [-0.4, -0.2) is 15.9 Å². The summed E-state index contributed by atoms with van der Waals surface area (Å²) in [5.41, 5.74) is -0.116. The molecular formula is C13H7Cl3N2O4. The van der Waals surface area contributed by atoms with Gasteiger partial charge in [-0.3, -0.25) is 10.1 Å². The standard InChI is InChI=1S/C13H7Cl3N2O4/c14-8-5-17-12(11(16)10(8)15)13(19)22-6-7-3-1-2-4-9(7)18(20)21/h1-5H,6H2. The second-order valence-electron chi connectivity index (χ2n) is 4.04. The Morgan fingerprint density at radius 2 is 1.91 bits per heavy atom. The number of hydrogen-bond acceptors (Lipinski definition) is 5. The van der Waals surface area contributed by atoms with Gasteiger partial charge in [0.2, 0.25) is 0 Å². The molecule has 0 N–H and O–H groups in total. The number of rotatable bonds is 4. The molecule has 9 heteroatoms. The van der Waals surface area contributed by atoms with Gasteiger partial charge in [-0.05, 0) is 6.07 Å². The van der Waals surface area contributed by atoms with Crippen molar-refractivity contribution < 1.29 is 14.5 Å². The highest BCUT2D eigenvalue weighted by Crippen LogP contribution is 2.31. The van der Waals surface area contributed by atoms with E-state index in [0.717, 1.165) is 6.20 Å². The van der Waals surface area contributed by atoms with Crippen LogP contribution >= 0.6 is 34.8 Å². The minimum absolute atomic E-state index is 0.0176. The zero-order valence-corrected chi connectivity index (χ0v) is 13.0. The number of halogens is 3. The van der Waals surface area contributed by atoms with Crippen LogP contribution in [0.2, 0.25) is 15.1 Å². The van der Waals surface area contributed by atoms with E-state index in [2.05, 4.69) is 4.98 Å². The van der Waals surface area contributed by atoms with Gasteiger partial charge in [0.25, 0.3) is 5.69 Å². The van der Waals surface area contributed by atoms with Crippen LogP contribution in [0.25, 0.3) is 0 Å². The minimum Gasteiger partial charge on any atom is -0.456 e. The highest BCUT2D eigenvalue weighted by atomic mass is 35.5. The number of nitro benzene ring substituents is 1. The molecule has 0 amide bonds. The Hall–Kier alpha value is -1.89. The molecule has 0 aliphatic heterocycles. The van der Waals surface area contributed by atoms with Crippen molar-refractivity contribution in [2.45, 2.75) is 6.61 Å². The van der Waals surface area contributed by atoms with E-state index in [4.69, 9.17) is 39.5 Å². The van der Waals surface area contributed by atoms with Crippen LogP contribution < -0.4 is 0 Å². The molecule has 0 spiro atoms. The lowest BCUT2D eigenvalue weighted by atomic mass is 10.2. The Labute approximate surface area is 139 Å². The van der Waals surface area contributed by atoms with Gasteiger partial charge in [-0.15, -0.1) is 0 Å². The van der Waals surface area contributed by atoms with Crippen LogP contribution in [-0.2, 0) is 11.3 Å². The maximum atomic E-state index is 11.9. The number of hydrogen-bond donors (Lipinski definition) is 0. The second kappa shape index (κ2) is 6.91. The van der Waals surface area contributed by atoms with Crippen molar-refractivity contribution in [3.8, 4) is 0 Å². The number of carbonyl (C=O) groups excluding carboxylic acids is 1. The summed E-state index contributed by atoms with van der Waals surface area (Å²) in [7, 11) is 0. The van der Waals surface area contributed by atoms with Gasteiger partial charge in [0.05, 0.1) is 25.6 Å². The molecule has 1 aromatic carbocycles. The lowest BCUT2D eigenvalue weighted by molar-refractivity contribution is -0.385. The molecule has 0 saturated heterocycles. The zero-order chi connectivity index (χ0) is 16.3. The van der Waals surface area contributed by atoms with Crippen molar-refractivity contribution >= 4 is 46.5 Å². The van der Waals surface area contributed by atoms with Crippen LogP contribution in [0, 0.1) is 10.1 Å².